The highest BCUT2D eigenvalue weighted by Gasteiger charge is 2.26. The van der Waals surface area contributed by atoms with Crippen molar-refractivity contribution in [2.75, 3.05) is 49.2 Å². The van der Waals surface area contributed by atoms with Crippen LogP contribution in [0.5, 0.6) is 0 Å². The van der Waals surface area contributed by atoms with Gasteiger partial charge < -0.3 is 19.6 Å². The van der Waals surface area contributed by atoms with Gasteiger partial charge in [-0.3, -0.25) is 0 Å². The smallest absolute Gasteiger partial charge is 0.162 e. The monoisotopic (exact) mass is 343 g/mol. The standard InChI is InChI=1S/C18H25N5O2/c1-13(24)14-3-2-6-23(12-14)18-16-5-4-15(11-17(16)19-21-20-18)22-7-9-25-10-8-22/h4-5,11,13-14,24H,2-3,6-10,12H2,1H3. The minimum absolute atomic E-state index is 0.284. The van der Waals surface area contributed by atoms with E-state index in [0.29, 0.717) is 0 Å². The van der Waals surface area contributed by atoms with Crippen LogP contribution in [-0.4, -0.2) is 66.0 Å². The van der Waals surface area contributed by atoms with E-state index in [0.717, 1.165) is 74.6 Å². The average Bonchev–Trinajstić information content (AvgIpc) is 2.68. The number of fused-ring (bicyclic) bond motifs is 1. The molecule has 7 heteroatoms. The number of aliphatic hydroxyl groups is 1. The number of ether oxygens (including phenoxy) is 1. The van der Waals surface area contributed by atoms with E-state index < -0.39 is 0 Å². The van der Waals surface area contributed by atoms with Crippen molar-refractivity contribution in [3.8, 4) is 0 Å². The van der Waals surface area contributed by atoms with Crippen LogP contribution in [0.25, 0.3) is 10.9 Å². The number of aliphatic hydroxyl groups excluding tert-OH is 1. The van der Waals surface area contributed by atoms with Crippen LogP contribution in [0, 0.1) is 5.92 Å². The number of nitrogens with zero attached hydrogens (tertiary/aromatic N) is 5. The lowest BCUT2D eigenvalue weighted by Crippen LogP contribution is -2.40. The Bertz CT molecular complexity index is 732. The molecular weight excluding hydrogens is 318 g/mol. The maximum absolute atomic E-state index is 9.94. The number of hydrogen-bond acceptors (Lipinski definition) is 7. The second kappa shape index (κ2) is 7.09. The normalized spacial score (nSPS) is 23.0. The summed E-state index contributed by atoms with van der Waals surface area (Å²) in [6.07, 6.45) is 1.83. The Balaban J connectivity index is 1.63. The van der Waals surface area contributed by atoms with Crippen molar-refractivity contribution < 1.29 is 9.84 Å². The Morgan fingerprint density at radius 3 is 2.80 bits per heavy atom. The van der Waals surface area contributed by atoms with Crippen LogP contribution in [-0.2, 0) is 4.74 Å². The average molecular weight is 343 g/mol. The summed E-state index contributed by atoms with van der Waals surface area (Å²) in [5.74, 6) is 1.16. The molecule has 2 aliphatic rings. The van der Waals surface area contributed by atoms with Gasteiger partial charge in [0.05, 0.1) is 19.3 Å². The Morgan fingerprint density at radius 2 is 2.00 bits per heavy atom. The van der Waals surface area contributed by atoms with Gasteiger partial charge in [0.25, 0.3) is 0 Å². The van der Waals surface area contributed by atoms with Crippen molar-refractivity contribution in [1.82, 2.24) is 15.4 Å². The molecule has 2 saturated heterocycles. The third kappa shape index (κ3) is 3.39. The number of aromatic nitrogens is 3. The van der Waals surface area contributed by atoms with Crippen molar-refractivity contribution >= 4 is 22.4 Å². The Kier molecular flexibility index (Phi) is 4.67. The molecule has 4 rings (SSSR count). The van der Waals surface area contributed by atoms with Gasteiger partial charge in [-0.15, -0.1) is 10.2 Å². The quantitative estimate of drug-likeness (QED) is 0.904. The molecule has 0 radical (unpaired) electrons. The summed E-state index contributed by atoms with van der Waals surface area (Å²) >= 11 is 0. The number of morpholine rings is 1. The van der Waals surface area contributed by atoms with Crippen LogP contribution in [0.3, 0.4) is 0 Å². The highest BCUT2D eigenvalue weighted by molar-refractivity contribution is 5.91. The van der Waals surface area contributed by atoms with Gasteiger partial charge in [-0.1, -0.05) is 0 Å². The predicted molar refractivity (Wildman–Crippen MR) is 97.0 cm³/mol. The summed E-state index contributed by atoms with van der Waals surface area (Å²) < 4.78 is 5.43. The Labute approximate surface area is 147 Å². The molecule has 2 aromatic rings. The molecule has 0 bridgehead atoms. The zero-order chi connectivity index (χ0) is 17.2. The fourth-order valence-electron chi connectivity index (χ4n) is 3.81. The molecule has 25 heavy (non-hydrogen) atoms. The zero-order valence-corrected chi connectivity index (χ0v) is 14.6. The lowest BCUT2D eigenvalue weighted by molar-refractivity contribution is 0.115. The fraction of sp³-hybridized carbons (Fsp3) is 0.611. The number of anilines is 2. The van der Waals surface area contributed by atoms with Crippen molar-refractivity contribution in [2.24, 2.45) is 5.92 Å². The largest absolute Gasteiger partial charge is 0.393 e. The fourth-order valence-corrected chi connectivity index (χ4v) is 3.81. The SMILES string of the molecule is CC(O)C1CCCN(c2nnnc3cc(N4CCOCC4)ccc23)C1. The molecule has 1 aromatic carbocycles. The van der Waals surface area contributed by atoms with E-state index >= 15 is 0 Å². The van der Waals surface area contributed by atoms with E-state index in [9.17, 15) is 5.11 Å². The van der Waals surface area contributed by atoms with Crippen LogP contribution in [0.1, 0.15) is 19.8 Å². The minimum Gasteiger partial charge on any atom is -0.393 e. The molecule has 1 aromatic heterocycles. The highest BCUT2D eigenvalue weighted by Crippen LogP contribution is 2.30. The van der Waals surface area contributed by atoms with Gasteiger partial charge in [0.15, 0.2) is 5.82 Å². The van der Waals surface area contributed by atoms with Crippen LogP contribution >= 0.6 is 0 Å². The summed E-state index contributed by atoms with van der Waals surface area (Å²) in [6.45, 7) is 6.97. The maximum atomic E-state index is 9.94. The summed E-state index contributed by atoms with van der Waals surface area (Å²) in [6, 6.07) is 6.33. The van der Waals surface area contributed by atoms with Gasteiger partial charge in [0, 0.05) is 43.2 Å². The van der Waals surface area contributed by atoms with Crippen LogP contribution in [0.2, 0.25) is 0 Å². The molecular formula is C18H25N5O2. The van der Waals surface area contributed by atoms with Crippen molar-refractivity contribution in [3.05, 3.63) is 18.2 Å². The van der Waals surface area contributed by atoms with E-state index in [-0.39, 0.29) is 12.0 Å². The van der Waals surface area contributed by atoms with Gasteiger partial charge in [-0.25, -0.2) is 0 Å². The van der Waals surface area contributed by atoms with E-state index in [1.165, 1.54) is 0 Å². The highest BCUT2D eigenvalue weighted by atomic mass is 16.5. The van der Waals surface area contributed by atoms with Gasteiger partial charge >= 0.3 is 0 Å². The topological polar surface area (TPSA) is 74.6 Å². The molecule has 3 heterocycles. The molecule has 0 amide bonds. The molecule has 7 nitrogen and oxygen atoms in total. The van der Waals surface area contributed by atoms with Crippen molar-refractivity contribution in [1.29, 1.82) is 0 Å². The second-order valence-corrected chi connectivity index (χ2v) is 7.00. The molecule has 2 aliphatic heterocycles. The molecule has 2 fully saturated rings. The molecule has 134 valence electrons. The number of rotatable bonds is 3. The molecule has 0 spiro atoms. The van der Waals surface area contributed by atoms with Gasteiger partial charge in [0.1, 0.15) is 5.52 Å². The Morgan fingerprint density at radius 1 is 1.16 bits per heavy atom. The molecule has 1 N–H and O–H groups in total. The lowest BCUT2D eigenvalue weighted by Gasteiger charge is -2.35. The maximum Gasteiger partial charge on any atom is 0.162 e. The van der Waals surface area contributed by atoms with Crippen LogP contribution < -0.4 is 9.80 Å². The van der Waals surface area contributed by atoms with E-state index in [4.69, 9.17) is 4.74 Å². The van der Waals surface area contributed by atoms with Crippen LogP contribution in [0.4, 0.5) is 11.5 Å². The predicted octanol–water partition coefficient (Wildman–Crippen LogP) is 1.46. The van der Waals surface area contributed by atoms with Crippen molar-refractivity contribution in [2.45, 2.75) is 25.9 Å². The molecule has 2 unspecified atom stereocenters. The van der Waals surface area contributed by atoms with Crippen molar-refractivity contribution in [3.63, 3.8) is 0 Å². The number of benzene rings is 1. The summed E-state index contributed by atoms with van der Waals surface area (Å²) in [5.41, 5.74) is 2.02. The number of hydrogen-bond donors (Lipinski definition) is 1. The minimum atomic E-state index is -0.295. The molecule has 0 aliphatic carbocycles. The van der Waals surface area contributed by atoms with E-state index in [1.807, 2.05) is 6.92 Å². The lowest BCUT2D eigenvalue weighted by atomic mass is 9.93. The third-order valence-corrected chi connectivity index (χ3v) is 5.33. The molecule has 2 atom stereocenters. The zero-order valence-electron chi connectivity index (χ0n) is 14.6. The first-order valence-electron chi connectivity index (χ1n) is 9.11. The van der Waals surface area contributed by atoms with Crippen LogP contribution in [0.15, 0.2) is 18.2 Å². The van der Waals surface area contributed by atoms with E-state index in [2.05, 4.69) is 43.4 Å². The summed E-state index contributed by atoms with van der Waals surface area (Å²) in [5, 5.41) is 23.5. The number of piperidine rings is 1. The van der Waals surface area contributed by atoms with E-state index in [1.54, 1.807) is 0 Å². The molecule has 0 saturated carbocycles. The first-order valence-corrected chi connectivity index (χ1v) is 9.11. The first kappa shape index (κ1) is 16.5. The summed E-state index contributed by atoms with van der Waals surface area (Å²) in [7, 11) is 0. The van der Waals surface area contributed by atoms with Gasteiger partial charge in [0.2, 0.25) is 0 Å². The van der Waals surface area contributed by atoms with Gasteiger partial charge in [-0.05, 0) is 43.2 Å². The van der Waals surface area contributed by atoms with Gasteiger partial charge in [-0.2, -0.15) is 0 Å². The second-order valence-electron chi connectivity index (χ2n) is 7.00. The Hall–Kier alpha value is -1.99. The summed E-state index contributed by atoms with van der Waals surface area (Å²) in [4.78, 5) is 4.56. The first-order chi connectivity index (χ1) is 12.2. The third-order valence-electron chi connectivity index (χ3n) is 5.33.